The smallest absolute Gasteiger partial charge is 0.254 e. The van der Waals surface area contributed by atoms with Crippen molar-refractivity contribution in [2.45, 2.75) is 39.7 Å². The maximum Gasteiger partial charge on any atom is 0.254 e. The van der Waals surface area contributed by atoms with Crippen LogP contribution in [0.1, 0.15) is 42.6 Å². The largest absolute Gasteiger partial charge is 0.353 e. The number of hydrogen-bond donors (Lipinski definition) is 0. The lowest BCUT2D eigenvalue weighted by Crippen LogP contribution is -2.47. The summed E-state index contributed by atoms with van der Waals surface area (Å²) in [6.45, 7) is 8.81. The minimum absolute atomic E-state index is 0.00964. The van der Waals surface area contributed by atoms with Gasteiger partial charge in [-0.3, -0.25) is 9.59 Å². The molecular weight excluding hydrogens is 450 g/mol. The standard InChI is InChI=1S/C29H35N5O2/c1-4-23(3)34(29(36)25-14-9-8-11-22(25)2)21-28(35)33-18-10-17-32(19-20-33)27-16-15-26(30-31-27)24-12-6-5-7-13-24/h5-9,11-16,23H,4,10,17-21H2,1-3H3. The molecule has 1 fully saturated rings. The fourth-order valence-electron chi connectivity index (χ4n) is 4.51. The zero-order valence-corrected chi connectivity index (χ0v) is 21.4. The number of carbonyl (C=O) groups excluding carboxylic acids is 2. The van der Waals surface area contributed by atoms with Crippen LogP contribution in [0.5, 0.6) is 0 Å². The first-order valence-electron chi connectivity index (χ1n) is 12.8. The highest BCUT2D eigenvalue weighted by molar-refractivity contribution is 5.98. The van der Waals surface area contributed by atoms with Crippen LogP contribution >= 0.6 is 0 Å². The van der Waals surface area contributed by atoms with Crippen LogP contribution in [-0.2, 0) is 4.79 Å². The van der Waals surface area contributed by atoms with Crippen LogP contribution in [0.3, 0.4) is 0 Å². The van der Waals surface area contributed by atoms with Gasteiger partial charge in [-0.15, -0.1) is 10.2 Å². The molecular formula is C29H35N5O2. The SMILES string of the molecule is CCC(C)N(CC(=O)N1CCCN(c2ccc(-c3ccccc3)nn2)CC1)C(=O)c1ccccc1C. The van der Waals surface area contributed by atoms with Crippen molar-refractivity contribution >= 4 is 17.6 Å². The van der Waals surface area contributed by atoms with Gasteiger partial charge in [0.05, 0.1) is 5.69 Å². The van der Waals surface area contributed by atoms with E-state index in [2.05, 4.69) is 15.1 Å². The molecule has 0 aliphatic carbocycles. The van der Waals surface area contributed by atoms with Crippen LogP contribution in [-0.4, -0.2) is 70.6 Å². The third-order valence-electron chi connectivity index (χ3n) is 6.96. The second kappa shape index (κ2) is 11.8. The fraction of sp³-hybridized carbons (Fsp3) is 0.379. The average Bonchev–Trinajstić information content (AvgIpc) is 3.18. The van der Waals surface area contributed by atoms with Gasteiger partial charge in [0.1, 0.15) is 6.54 Å². The van der Waals surface area contributed by atoms with Crippen LogP contribution in [0.4, 0.5) is 5.82 Å². The second-order valence-corrected chi connectivity index (χ2v) is 9.37. The molecule has 0 spiro atoms. The van der Waals surface area contributed by atoms with Crippen molar-refractivity contribution in [3.63, 3.8) is 0 Å². The molecule has 1 aromatic heterocycles. The van der Waals surface area contributed by atoms with Gasteiger partial charge in [-0.1, -0.05) is 55.5 Å². The van der Waals surface area contributed by atoms with Crippen molar-refractivity contribution < 1.29 is 9.59 Å². The summed E-state index contributed by atoms with van der Waals surface area (Å²) in [5.74, 6) is 0.727. The molecule has 2 heterocycles. The van der Waals surface area contributed by atoms with Crippen molar-refractivity contribution in [1.82, 2.24) is 20.0 Å². The molecule has 188 valence electrons. The van der Waals surface area contributed by atoms with Gasteiger partial charge in [0.25, 0.3) is 5.91 Å². The number of carbonyl (C=O) groups is 2. The number of aromatic nitrogens is 2. The second-order valence-electron chi connectivity index (χ2n) is 9.37. The summed E-state index contributed by atoms with van der Waals surface area (Å²) in [7, 11) is 0. The van der Waals surface area contributed by atoms with Crippen LogP contribution in [0.2, 0.25) is 0 Å². The lowest BCUT2D eigenvalue weighted by Gasteiger charge is -2.31. The number of benzene rings is 2. The Labute approximate surface area is 213 Å². The highest BCUT2D eigenvalue weighted by atomic mass is 16.2. The highest BCUT2D eigenvalue weighted by Crippen LogP contribution is 2.20. The monoisotopic (exact) mass is 485 g/mol. The Morgan fingerprint density at radius 1 is 0.917 bits per heavy atom. The lowest BCUT2D eigenvalue weighted by atomic mass is 10.1. The van der Waals surface area contributed by atoms with Crippen molar-refractivity contribution in [2.75, 3.05) is 37.6 Å². The van der Waals surface area contributed by atoms with Crippen LogP contribution in [0, 0.1) is 6.92 Å². The Hall–Kier alpha value is -3.74. The van der Waals surface area contributed by atoms with Gasteiger partial charge >= 0.3 is 0 Å². The van der Waals surface area contributed by atoms with E-state index in [1.54, 1.807) is 4.90 Å². The van der Waals surface area contributed by atoms with E-state index >= 15 is 0 Å². The van der Waals surface area contributed by atoms with Gasteiger partial charge in [0.2, 0.25) is 5.91 Å². The predicted molar refractivity (Wildman–Crippen MR) is 143 cm³/mol. The summed E-state index contributed by atoms with van der Waals surface area (Å²) >= 11 is 0. The maximum atomic E-state index is 13.4. The average molecular weight is 486 g/mol. The molecule has 4 rings (SSSR count). The van der Waals surface area contributed by atoms with Gasteiger partial charge in [-0.25, -0.2) is 0 Å². The van der Waals surface area contributed by atoms with Gasteiger partial charge in [-0.05, 0) is 50.5 Å². The lowest BCUT2D eigenvalue weighted by molar-refractivity contribution is -0.132. The van der Waals surface area contributed by atoms with E-state index in [9.17, 15) is 9.59 Å². The summed E-state index contributed by atoms with van der Waals surface area (Å²) in [4.78, 5) is 32.5. The maximum absolute atomic E-state index is 13.4. The van der Waals surface area contributed by atoms with E-state index in [0.29, 0.717) is 25.2 Å². The zero-order valence-electron chi connectivity index (χ0n) is 21.4. The number of anilines is 1. The van der Waals surface area contributed by atoms with E-state index in [0.717, 1.165) is 42.0 Å². The Bertz CT molecular complexity index is 1170. The third kappa shape index (κ3) is 5.90. The van der Waals surface area contributed by atoms with Gasteiger partial charge < -0.3 is 14.7 Å². The molecule has 2 aromatic carbocycles. The molecule has 2 amide bonds. The number of aryl methyl sites for hydroxylation is 1. The summed E-state index contributed by atoms with van der Waals surface area (Å²) in [5.41, 5.74) is 3.46. The predicted octanol–water partition coefficient (Wildman–Crippen LogP) is 4.43. The van der Waals surface area contributed by atoms with Crippen molar-refractivity contribution in [1.29, 1.82) is 0 Å². The van der Waals surface area contributed by atoms with Gasteiger partial charge in [0.15, 0.2) is 5.82 Å². The minimum atomic E-state index is -0.0824. The van der Waals surface area contributed by atoms with Crippen molar-refractivity contribution in [3.8, 4) is 11.3 Å². The first-order chi connectivity index (χ1) is 17.5. The molecule has 3 aromatic rings. The van der Waals surface area contributed by atoms with E-state index in [-0.39, 0.29) is 24.4 Å². The Kier molecular flexibility index (Phi) is 8.31. The number of amides is 2. The minimum Gasteiger partial charge on any atom is -0.353 e. The first kappa shape index (κ1) is 25.4. The van der Waals surface area contributed by atoms with Crippen molar-refractivity contribution in [3.05, 3.63) is 77.9 Å². The molecule has 0 N–H and O–H groups in total. The van der Waals surface area contributed by atoms with Crippen molar-refractivity contribution in [2.24, 2.45) is 0 Å². The number of nitrogens with zero attached hydrogens (tertiary/aromatic N) is 5. The van der Waals surface area contributed by atoms with Crippen LogP contribution in [0.25, 0.3) is 11.3 Å². The highest BCUT2D eigenvalue weighted by Gasteiger charge is 2.27. The molecule has 1 atom stereocenters. The Balaban J connectivity index is 1.40. The summed E-state index contributed by atoms with van der Waals surface area (Å²) < 4.78 is 0. The molecule has 0 radical (unpaired) electrons. The van der Waals surface area contributed by atoms with E-state index in [1.165, 1.54) is 0 Å². The topological polar surface area (TPSA) is 69.6 Å². The molecule has 1 saturated heterocycles. The van der Waals surface area contributed by atoms with E-state index < -0.39 is 0 Å². The number of hydrogen-bond acceptors (Lipinski definition) is 5. The van der Waals surface area contributed by atoms with Crippen LogP contribution < -0.4 is 4.90 Å². The fourth-order valence-corrected chi connectivity index (χ4v) is 4.51. The Morgan fingerprint density at radius 3 is 2.36 bits per heavy atom. The molecule has 1 aliphatic rings. The first-order valence-corrected chi connectivity index (χ1v) is 12.8. The molecule has 1 unspecified atom stereocenters. The quantitative estimate of drug-likeness (QED) is 0.495. The van der Waals surface area contributed by atoms with E-state index in [4.69, 9.17) is 0 Å². The molecule has 7 heteroatoms. The molecule has 0 saturated carbocycles. The summed E-state index contributed by atoms with van der Waals surface area (Å²) in [6.07, 6.45) is 1.62. The number of rotatable bonds is 7. The van der Waals surface area contributed by atoms with E-state index in [1.807, 2.05) is 92.4 Å². The molecule has 0 bridgehead atoms. The van der Waals surface area contributed by atoms with Crippen LogP contribution in [0.15, 0.2) is 66.7 Å². The molecule has 7 nitrogen and oxygen atoms in total. The van der Waals surface area contributed by atoms with Gasteiger partial charge in [-0.2, -0.15) is 0 Å². The zero-order chi connectivity index (χ0) is 25.5. The third-order valence-corrected chi connectivity index (χ3v) is 6.96. The molecule has 36 heavy (non-hydrogen) atoms. The Morgan fingerprint density at radius 2 is 1.67 bits per heavy atom. The van der Waals surface area contributed by atoms with Gasteiger partial charge in [0, 0.05) is 43.3 Å². The normalized spacial score (nSPS) is 14.8. The summed E-state index contributed by atoms with van der Waals surface area (Å²) in [5, 5.41) is 8.87. The molecule has 1 aliphatic heterocycles. The summed E-state index contributed by atoms with van der Waals surface area (Å²) in [6, 6.07) is 21.5.